The third kappa shape index (κ3) is 3.48. The van der Waals surface area contributed by atoms with Crippen LogP contribution in [-0.4, -0.2) is 27.2 Å². The van der Waals surface area contributed by atoms with Crippen LogP contribution in [-0.2, 0) is 0 Å². The Morgan fingerprint density at radius 2 is 1.70 bits per heavy atom. The number of methoxy groups -OCH3 is 3. The fourth-order valence-corrected chi connectivity index (χ4v) is 2.27. The van der Waals surface area contributed by atoms with Crippen LogP contribution in [0.5, 0.6) is 17.2 Å². The molecule has 7 heteroatoms. The number of nitrogens with one attached hydrogen (secondary N) is 1. The summed E-state index contributed by atoms with van der Waals surface area (Å²) < 4.78 is 29.4. The minimum Gasteiger partial charge on any atom is -0.496 e. The van der Waals surface area contributed by atoms with E-state index in [1.165, 1.54) is 33.5 Å². The Labute approximate surface area is 137 Å². The van der Waals surface area contributed by atoms with E-state index >= 15 is 0 Å². The van der Waals surface area contributed by atoms with E-state index in [-0.39, 0.29) is 16.3 Å². The Kier molecular flexibility index (Phi) is 5.28. The van der Waals surface area contributed by atoms with Crippen LogP contribution in [0.4, 0.5) is 10.1 Å². The van der Waals surface area contributed by atoms with Gasteiger partial charge in [0.15, 0.2) is 0 Å². The fraction of sp³-hybridized carbons (Fsp3) is 0.188. The second-order valence-corrected chi connectivity index (χ2v) is 4.86. The van der Waals surface area contributed by atoms with Crippen LogP contribution in [0.3, 0.4) is 0 Å². The maximum atomic E-state index is 13.9. The van der Waals surface area contributed by atoms with Gasteiger partial charge in [-0.1, -0.05) is 17.7 Å². The SMILES string of the molecule is COc1cc(OC)c(NC(=O)c2c(F)cccc2Cl)c(OC)c1. The molecule has 0 saturated carbocycles. The summed E-state index contributed by atoms with van der Waals surface area (Å²) in [5.41, 5.74) is -0.00536. The zero-order valence-electron chi connectivity index (χ0n) is 12.8. The number of amides is 1. The Bertz CT molecular complexity index is 691. The average Bonchev–Trinajstić information content (AvgIpc) is 2.54. The first kappa shape index (κ1) is 16.9. The van der Waals surface area contributed by atoms with Gasteiger partial charge in [0.1, 0.15) is 28.8 Å². The quantitative estimate of drug-likeness (QED) is 0.901. The molecule has 2 aromatic carbocycles. The topological polar surface area (TPSA) is 56.8 Å². The maximum absolute atomic E-state index is 13.9. The minimum absolute atomic E-state index is 0.00828. The van der Waals surface area contributed by atoms with Crippen molar-refractivity contribution in [2.24, 2.45) is 0 Å². The zero-order chi connectivity index (χ0) is 17.0. The van der Waals surface area contributed by atoms with Gasteiger partial charge in [0.25, 0.3) is 5.91 Å². The molecule has 0 unspecified atom stereocenters. The molecule has 0 aromatic heterocycles. The standard InChI is InChI=1S/C16H15ClFNO4/c1-21-9-7-12(22-2)15(13(8-9)23-3)19-16(20)14-10(17)5-4-6-11(14)18/h4-8H,1-3H3,(H,19,20). The molecular formula is C16H15ClFNO4. The maximum Gasteiger partial charge on any atom is 0.260 e. The monoisotopic (exact) mass is 339 g/mol. The Hall–Kier alpha value is -2.47. The number of anilines is 1. The highest BCUT2D eigenvalue weighted by atomic mass is 35.5. The molecule has 1 amide bonds. The lowest BCUT2D eigenvalue weighted by atomic mass is 10.1. The smallest absolute Gasteiger partial charge is 0.260 e. The van der Waals surface area contributed by atoms with Crippen LogP contribution >= 0.6 is 11.6 Å². The van der Waals surface area contributed by atoms with Crippen LogP contribution in [0.15, 0.2) is 30.3 Å². The van der Waals surface area contributed by atoms with E-state index in [9.17, 15) is 9.18 Å². The molecule has 0 saturated heterocycles. The summed E-state index contributed by atoms with van der Waals surface area (Å²) in [7, 11) is 4.35. The summed E-state index contributed by atoms with van der Waals surface area (Å²) in [5, 5.41) is 2.57. The molecule has 0 bridgehead atoms. The molecule has 122 valence electrons. The molecule has 2 aromatic rings. The molecule has 0 aliphatic heterocycles. The summed E-state index contributed by atoms with van der Waals surface area (Å²) in [4.78, 5) is 12.4. The minimum atomic E-state index is -0.721. The van der Waals surface area contributed by atoms with Gasteiger partial charge in [-0.3, -0.25) is 4.79 Å². The van der Waals surface area contributed by atoms with Crippen LogP contribution in [0.25, 0.3) is 0 Å². The van der Waals surface area contributed by atoms with E-state index in [1.54, 1.807) is 12.1 Å². The predicted molar refractivity (Wildman–Crippen MR) is 85.5 cm³/mol. The molecule has 0 heterocycles. The van der Waals surface area contributed by atoms with Crippen molar-refractivity contribution in [2.75, 3.05) is 26.6 Å². The normalized spacial score (nSPS) is 10.1. The highest BCUT2D eigenvalue weighted by molar-refractivity contribution is 6.34. The number of rotatable bonds is 5. The molecular weight excluding hydrogens is 325 g/mol. The van der Waals surface area contributed by atoms with Gasteiger partial charge in [0.05, 0.1) is 31.9 Å². The summed E-state index contributed by atoms with van der Waals surface area (Å²) in [5.74, 6) is -0.332. The predicted octanol–water partition coefficient (Wildman–Crippen LogP) is 3.76. The number of ether oxygens (including phenoxy) is 3. The second kappa shape index (κ2) is 7.19. The van der Waals surface area contributed by atoms with E-state index in [2.05, 4.69) is 5.32 Å². The number of hydrogen-bond donors (Lipinski definition) is 1. The molecule has 0 spiro atoms. The molecule has 5 nitrogen and oxygen atoms in total. The van der Waals surface area contributed by atoms with Crippen molar-refractivity contribution in [3.05, 3.63) is 46.7 Å². The van der Waals surface area contributed by atoms with E-state index in [0.29, 0.717) is 17.2 Å². The van der Waals surface area contributed by atoms with Gasteiger partial charge in [0.2, 0.25) is 0 Å². The van der Waals surface area contributed by atoms with Crippen molar-refractivity contribution < 1.29 is 23.4 Å². The van der Waals surface area contributed by atoms with Crippen molar-refractivity contribution in [3.63, 3.8) is 0 Å². The number of carbonyl (C=O) groups excluding carboxylic acids is 1. The lowest BCUT2D eigenvalue weighted by molar-refractivity contribution is 0.102. The van der Waals surface area contributed by atoms with Crippen molar-refractivity contribution in [1.82, 2.24) is 0 Å². The molecule has 23 heavy (non-hydrogen) atoms. The lowest BCUT2D eigenvalue weighted by Crippen LogP contribution is -2.16. The Balaban J connectivity index is 2.45. The highest BCUT2D eigenvalue weighted by Gasteiger charge is 2.20. The van der Waals surface area contributed by atoms with E-state index in [4.69, 9.17) is 25.8 Å². The van der Waals surface area contributed by atoms with Gasteiger partial charge in [-0.2, -0.15) is 0 Å². The first-order chi connectivity index (χ1) is 11.0. The summed E-state index contributed by atoms with van der Waals surface area (Å²) in [6.45, 7) is 0. The molecule has 0 atom stereocenters. The number of carbonyl (C=O) groups is 1. The average molecular weight is 340 g/mol. The van der Waals surface area contributed by atoms with Gasteiger partial charge < -0.3 is 19.5 Å². The van der Waals surface area contributed by atoms with Crippen LogP contribution < -0.4 is 19.5 Å². The van der Waals surface area contributed by atoms with Gasteiger partial charge in [-0.15, -0.1) is 0 Å². The summed E-state index contributed by atoms with van der Waals surface area (Å²) in [6, 6.07) is 7.15. The molecule has 0 radical (unpaired) electrons. The highest BCUT2D eigenvalue weighted by Crippen LogP contribution is 2.39. The molecule has 0 aliphatic rings. The molecule has 0 fully saturated rings. The van der Waals surface area contributed by atoms with E-state index in [0.717, 1.165) is 6.07 Å². The van der Waals surface area contributed by atoms with Crippen LogP contribution in [0, 0.1) is 5.82 Å². The van der Waals surface area contributed by atoms with Crippen molar-refractivity contribution in [2.45, 2.75) is 0 Å². The number of benzene rings is 2. The van der Waals surface area contributed by atoms with Gasteiger partial charge >= 0.3 is 0 Å². The zero-order valence-corrected chi connectivity index (χ0v) is 13.5. The van der Waals surface area contributed by atoms with Gasteiger partial charge in [0, 0.05) is 12.1 Å². The third-order valence-electron chi connectivity index (χ3n) is 3.14. The van der Waals surface area contributed by atoms with Crippen molar-refractivity contribution >= 4 is 23.2 Å². The summed E-state index contributed by atoms with van der Waals surface area (Å²) in [6.07, 6.45) is 0. The molecule has 1 N–H and O–H groups in total. The van der Waals surface area contributed by atoms with Gasteiger partial charge in [-0.25, -0.2) is 4.39 Å². The fourth-order valence-electron chi connectivity index (χ4n) is 2.02. The second-order valence-electron chi connectivity index (χ2n) is 4.46. The van der Waals surface area contributed by atoms with Crippen molar-refractivity contribution in [3.8, 4) is 17.2 Å². The molecule has 2 rings (SSSR count). The van der Waals surface area contributed by atoms with E-state index < -0.39 is 11.7 Å². The first-order valence-corrected chi connectivity index (χ1v) is 6.95. The third-order valence-corrected chi connectivity index (χ3v) is 3.46. The number of halogens is 2. The first-order valence-electron chi connectivity index (χ1n) is 6.57. The lowest BCUT2D eigenvalue weighted by Gasteiger charge is -2.16. The molecule has 0 aliphatic carbocycles. The number of hydrogen-bond acceptors (Lipinski definition) is 4. The van der Waals surface area contributed by atoms with E-state index in [1.807, 2.05) is 0 Å². The van der Waals surface area contributed by atoms with Crippen LogP contribution in [0.1, 0.15) is 10.4 Å². The van der Waals surface area contributed by atoms with Crippen LogP contribution in [0.2, 0.25) is 5.02 Å². The summed E-state index contributed by atoms with van der Waals surface area (Å²) >= 11 is 5.90. The largest absolute Gasteiger partial charge is 0.496 e. The van der Waals surface area contributed by atoms with Crippen molar-refractivity contribution in [1.29, 1.82) is 0 Å². The Morgan fingerprint density at radius 3 is 2.17 bits per heavy atom. The Morgan fingerprint density at radius 1 is 1.09 bits per heavy atom. The van der Waals surface area contributed by atoms with Gasteiger partial charge in [-0.05, 0) is 12.1 Å².